The lowest BCUT2D eigenvalue weighted by atomic mass is 10.1. The number of carbonyl (C=O) groups is 2. The zero-order valence-electron chi connectivity index (χ0n) is 13.8. The molecule has 0 saturated carbocycles. The van der Waals surface area contributed by atoms with Crippen molar-refractivity contribution in [3.8, 4) is 0 Å². The van der Waals surface area contributed by atoms with E-state index in [0.29, 0.717) is 17.7 Å². The van der Waals surface area contributed by atoms with Gasteiger partial charge in [-0.2, -0.15) is 0 Å². The van der Waals surface area contributed by atoms with Gasteiger partial charge in [0.25, 0.3) is 11.8 Å². The summed E-state index contributed by atoms with van der Waals surface area (Å²) >= 11 is 0. The molecule has 122 valence electrons. The SMILES string of the molecule is Cc1ccc2c(c1)CCN2CCCN1C(=O)c2ccccc2C1=O. The van der Waals surface area contributed by atoms with Crippen molar-refractivity contribution >= 4 is 17.5 Å². The Morgan fingerprint density at radius 1 is 0.958 bits per heavy atom. The minimum Gasteiger partial charge on any atom is -0.371 e. The highest BCUT2D eigenvalue weighted by Gasteiger charge is 2.34. The molecule has 2 amide bonds. The van der Waals surface area contributed by atoms with Gasteiger partial charge in [-0.05, 0) is 43.5 Å². The summed E-state index contributed by atoms with van der Waals surface area (Å²) in [4.78, 5) is 28.5. The van der Waals surface area contributed by atoms with Gasteiger partial charge in [-0.25, -0.2) is 0 Å². The van der Waals surface area contributed by atoms with Crippen LogP contribution in [0.4, 0.5) is 5.69 Å². The molecule has 2 aliphatic heterocycles. The van der Waals surface area contributed by atoms with Gasteiger partial charge in [-0.3, -0.25) is 14.5 Å². The second-order valence-corrected chi connectivity index (χ2v) is 6.53. The number of hydrogen-bond donors (Lipinski definition) is 0. The van der Waals surface area contributed by atoms with E-state index in [9.17, 15) is 9.59 Å². The van der Waals surface area contributed by atoms with E-state index >= 15 is 0 Å². The molecule has 0 radical (unpaired) electrons. The summed E-state index contributed by atoms with van der Waals surface area (Å²) in [7, 11) is 0. The van der Waals surface area contributed by atoms with E-state index in [2.05, 4.69) is 30.0 Å². The van der Waals surface area contributed by atoms with E-state index < -0.39 is 0 Å². The molecule has 2 aromatic rings. The van der Waals surface area contributed by atoms with Gasteiger partial charge in [0.05, 0.1) is 11.1 Å². The molecule has 2 aliphatic rings. The largest absolute Gasteiger partial charge is 0.371 e. The fourth-order valence-corrected chi connectivity index (χ4v) is 3.69. The Labute approximate surface area is 141 Å². The maximum atomic E-state index is 12.4. The molecule has 4 rings (SSSR count). The van der Waals surface area contributed by atoms with Crippen LogP contribution in [0.1, 0.15) is 38.3 Å². The molecular weight excluding hydrogens is 300 g/mol. The van der Waals surface area contributed by atoms with Crippen LogP contribution >= 0.6 is 0 Å². The van der Waals surface area contributed by atoms with Crippen molar-refractivity contribution in [3.05, 3.63) is 64.7 Å². The van der Waals surface area contributed by atoms with Crippen LogP contribution in [0, 0.1) is 6.92 Å². The van der Waals surface area contributed by atoms with E-state index in [1.807, 2.05) is 0 Å². The van der Waals surface area contributed by atoms with E-state index in [-0.39, 0.29) is 11.8 Å². The van der Waals surface area contributed by atoms with Crippen LogP contribution in [0.3, 0.4) is 0 Å². The van der Waals surface area contributed by atoms with Gasteiger partial charge in [0, 0.05) is 25.3 Å². The first kappa shape index (κ1) is 14.9. The zero-order chi connectivity index (χ0) is 16.7. The van der Waals surface area contributed by atoms with Crippen molar-refractivity contribution in [1.29, 1.82) is 0 Å². The maximum absolute atomic E-state index is 12.4. The van der Waals surface area contributed by atoms with E-state index in [1.165, 1.54) is 21.7 Å². The van der Waals surface area contributed by atoms with Crippen molar-refractivity contribution in [2.45, 2.75) is 19.8 Å². The van der Waals surface area contributed by atoms with Gasteiger partial charge in [0.15, 0.2) is 0 Å². The number of imide groups is 1. The first-order chi connectivity index (χ1) is 11.6. The first-order valence-corrected chi connectivity index (χ1v) is 8.45. The summed E-state index contributed by atoms with van der Waals surface area (Å²) in [6.45, 7) is 4.47. The van der Waals surface area contributed by atoms with Crippen LogP contribution in [0.5, 0.6) is 0 Å². The Hall–Kier alpha value is -2.62. The van der Waals surface area contributed by atoms with Gasteiger partial charge in [0.1, 0.15) is 0 Å². The van der Waals surface area contributed by atoms with Crippen molar-refractivity contribution in [2.75, 3.05) is 24.5 Å². The van der Waals surface area contributed by atoms with E-state index in [4.69, 9.17) is 0 Å². The highest BCUT2D eigenvalue weighted by atomic mass is 16.2. The number of rotatable bonds is 4. The van der Waals surface area contributed by atoms with Crippen molar-refractivity contribution < 1.29 is 9.59 Å². The molecule has 0 N–H and O–H groups in total. The number of amides is 2. The number of nitrogens with zero attached hydrogens (tertiary/aromatic N) is 2. The molecule has 2 heterocycles. The third-order valence-electron chi connectivity index (χ3n) is 4.91. The molecule has 0 unspecified atom stereocenters. The molecule has 2 aromatic carbocycles. The van der Waals surface area contributed by atoms with E-state index in [1.54, 1.807) is 24.3 Å². The summed E-state index contributed by atoms with van der Waals surface area (Å²) in [6.07, 6.45) is 1.86. The van der Waals surface area contributed by atoms with Crippen LogP contribution in [-0.4, -0.2) is 36.3 Å². The average Bonchev–Trinajstić information content (AvgIpc) is 3.09. The van der Waals surface area contributed by atoms with Gasteiger partial charge in [0.2, 0.25) is 0 Å². The third-order valence-corrected chi connectivity index (χ3v) is 4.91. The second kappa shape index (κ2) is 5.78. The van der Waals surface area contributed by atoms with Gasteiger partial charge >= 0.3 is 0 Å². The Kier molecular flexibility index (Phi) is 3.60. The minimum absolute atomic E-state index is 0.159. The normalized spacial score (nSPS) is 15.9. The zero-order valence-corrected chi connectivity index (χ0v) is 13.8. The fraction of sp³-hybridized carbons (Fsp3) is 0.300. The third kappa shape index (κ3) is 2.39. The Balaban J connectivity index is 1.40. The van der Waals surface area contributed by atoms with E-state index in [0.717, 1.165) is 25.9 Å². The molecule has 0 aromatic heterocycles. The number of fused-ring (bicyclic) bond motifs is 2. The molecule has 4 nitrogen and oxygen atoms in total. The molecule has 4 heteroatoms. The van der Waals surface area contributed by atoms with Gasteiger partial charge in [-0.15, -0.1) is 0 Å². The lowest BCUT2D eigenvalue weighted by Crippen LogP contribution is -2.33. The maximum Gasteiger partial charge on any atom is 0.261 e. The standard InChI is InChI=1S/C20H20N2O2/c1-14-7-8-18-15(13-14)9-12-21(18)10-4-11-22-19(23)16-5-2-3-6-17(16)20(22)24/h2-3,5-8,13H,4,9-12H2,1H3. The minimum atomic E-state index is -0.159. The van der Waals surface area contributed by atoms with Crippen LogP contribution in [0.25, 0.3) is 0 Å². The molecule has 24 heavy (non-hydrogen) atoms. The number of benzene rings is 2. The topological polar surface area (TPSA) is 40.6 Å². The molecule has 0 spiro atoms. The van der Waals surface area contributed by atoms with Crippen molar-refractivity contribution in [1.82, 2.24) is 4.90 Å². The van der Waals surface area contributed by atoms with Crippen LogP contribution < -0.4 is 4.90 Å². The summed E-state index contributed by atoms with van der Waals surface area (Å²) < 4.78 is 0. The molecule has 0 fully saturated rings. The summed E-state index contributed by atoms with van der Waals surface area (Å²) in [5, 5.41) is 0. The summed E-state index contributed by atoms with van der Waals surface area (Å²) in [5.41, 5.74) is 5.05. The summed E-state index contributed by atoms with van der Waals surface area (Å²) in [5.74, 6) is -0.318. The number of carbonyl (C=O) groups excluding carboxylic acids is 2. The fourth-order valence-electron chi connectivity index (χ4n) is 3.69. The molecular formula is C20H20N2O2. The predicted octanol–water partition coefficient (Wildman–Crippen LogP) is 3.04. The van der Waals surface area contributed by atoms with Crippen LogP contribution in [0.15, 0.2) is 42.5 Å². The van der Waals surface area contributed by atoms with Crippen LogP contribution in [-0.2, 0) is 6.42 Å². The highest BCUT2D eigenvalue weighted by Crippen LogP contribution is 2.29. The smallest absolute Gasteiger partial charge is 0.261 e. The molecule has 0 saturated heterocycles. The Morgan fingerprint density at radius 3 is 2.38 bits per heavy atom. The van der Waals surface area contributed by atoms with Gasteiger partial charge in [-0.1, -0.05) is 29.8 Å². The highest BCUT2D eigenvalue weighted by molar-refractivity contribution is 6.21. The second-order valence-electron chi connectivity index (χ2n) is 6.53. The monoisotopic (exact) mass is 320 g/mol. The molecule has 0 bridgehead atoms. The molecule has 0 aliphatic carbocycles. The first-order valence-electron chi connectivity index (χ1n) is 8.45. The lowest BCUT2D eigenvalue weighted by Gasteiger charge is -2.21. The molecule has 0 atom stereocenters. The average molecular weight is 320 g/mol. The lowest BCUT2D eigenvalue weighted by molar-refractivity contribution is 0.0653. The van der Waals surface area contributed by atoms with Crippen molar-refractivity contribution in [2.24, 2.45) is 0 Å². The quantitative estimate of drug-likeness (QED) is 0.813. The summed E-state index contributed by atoms with van der Waals surface area (Å²) in [6, 6.07) is 13.6. The number of hydrogen-bond acceptors (Lipinski definition) is 3. The Bertz CT molecular complexity index is 793. The van der Waals surface area contributed by atoms with Gasteiger partial charge < -0.3 is 4.90 Å². The van der Waals surface area contributed by atoms with Crippen molar-refractivity contribution in [3.63, 3.8) is 0 Å². The Morgan fingerprint density at radius 2 is 1.67 bits per heavy atom. The number of anilines is 1. The van der Waals surface area contributed by atoms with Crippen LogP contribution in [0.2, 0.25) is 0 Å². The predicted molar refractivity (Wildman–Crippen MR) is 93.5 cm³/mol. The number of aryl methyl sites for hydroxylation is 1.